The van der Waals surface area contributed by atoms with Gasteiger partial charge in [0.25, 0.3) is 0 Å². The summed E-state index contributed by atoms with van der Waals surface area (Å²) in [6.07, 6.45) is 2.41. The fourth-order valence-corrected chi connectivity index (χ4v) is 2.50. The molecule has 3 N–H and O–H groups in total. The van der Waals surface area contributed by atoms with E-state index in [4.69, 9.17) is 22.1 Å². The number of nitrogens with two attached hydrogens (primary N) is 1. The molecule has 1 saturated heterocycles. The van der Waals surface area contributed by atoms with Crippen LogP contribution in [-0.4, -0.2) is 43.7 Å². The Morgan fingerprint density at radius 2 is 2.40 bits per heavy atom. The highest BCUT2D eigenvalue weighted by atomic mass is 35.5. The minimum absolute atomic E-state index is 0.0998. The van der Waals surface area contributed by atoms with Gasteiger partial charge < -0.3 is 15.8 Å². The van der Waals surface area contributed by atoms with Crippen molar-refractivity contribution >= 4 is 28.9 Å². The molecule has 0 bridgehead atoms. The number of anilines is 2. The molecule has 1 unspecified atom stereocenters. The maximum absolute atomic E-state index is 12.0. The van der Waals surface area contributed by atoms with Crippen LogP contribution in [0.15, 0.2) is 18.2 Å². The Labute approximate surface area is 124 Å². The molecule has 20 heavy (non-hydrogen) atoms. The molecule has 0 aromatic heterocycles. The molecule has 1 aliphatic rings. The molecule has 0 spiro atoms. The van der Waals surface area contributed by atoms with Crippen molar-refractivity contribution in [1.29, 1.82) is 0 Å². The van der Waals surface area contributed by atoms with Crippen LogP contribution in [0.2, 0.25) is 5.02 Å². The summed E-state index contributed by atoms with van der Waals surface area (Å²) >= 11 is 6.02. The fourth-order valence-electron chi connectivity index (χ4n) is 2.27. The van der Waals surface area contributed by atoms with E-state index >= 15 is 0 Å². The molecule has 0 radical (unpaired) electrons. The Morgan fingerprint density at radius 1 is 1.60 bits per heavy atom. The molecule has 0 saturated carbocycles. The van der Waals surface area contributed by atoms with Crippen LogP contribution in [0.3, 0.4) is 0 Å². The lowest BCUT2D eigenvalue weighted by molar-refractivity contribution is -0.117. The zero-order valence-corrected chi connectivity index (χ0v) is 12.3. The summed E-state index contributed by atoms with van der Waals surface area (Å²) < 4.78 is 5.55. The summed E-state index contributed by atoms with van der Waals surface area (Å²) in [5, 5.41) is 3.23. The van der Waals surface area contributed by atoms with Gasteiger partial charge in [0, 0.05) is 18.8 Å². The molecular formula is C14H20ClN3O2. The summed E-state index contributed by atoms with van der Waals surface area (Å²) in [5.74, 6) is -0.0998. The molecule has 1 fully saturated rings. The number of nitrogens with zero attached hydrogens (tertiary/aromatic N) is 1. The lowest BCUT2D eigenvalue weighted by atomic mass is 10.2. The van der Waals surface area contributed by atoms with E-state index in [-0.39, 0.29) is 12.0 Å². The number of carbonyl (C=O) groups is 1. The van der Waals surface area contributed by atoms with Crippen molar-refractivity contribution in [2.75, 3.05) is 37.8 Å². The topological polar surface area (TPSA) is 67.6 Å². The number of rotatable bonds is 5. The molecule has 2 rings (SSSR count). The zero-order valence-electron chi connectivity index (χ0n) is 11.6. The minimum atomic E-state index is -0.0998. The predicted molar refractivity (Wildman–Crippen MR) is 81.0 cm³/mol. The van der Waals surface area contributed by atoms with Crippen molar-refractivity contribution in [2.45, 2.75) is 18.9 Å². The van der Waals surface area contributed by atoms with E-state index in [1.165, 1.54) is 0 Å². The molecule has 1 aromatic carbocycles. The summed E-state index contributed by atoms with van der Waals surface area (Å²) in [7, 11) is 1.91. The van der Waals surface area contributed by atoms with Gasteiger partial charge in [-0.1, -0.05) is 11.6 Å². The Balaban J connectivity index is 1.82. The molecule has 5 nitrogen and oxygen atoms in total. The molecule has 1 amide bonds. The summed E-state index contributed by atoms with van der Waals surface area (Å²) in [6.45, 7) is 1.90. The second-order valence-corrected chi connectivity index (χ2v) is 5.53. The number of carbonyl (C=O) groups excluding carboxylic acids is 1. The monoisotopic (exact) mass is 297 g/mol. The van der Waals surface area contributed by atoms with E-state index in [0.717, 1.165) is 26.0 Å². The van der Waals surface area contributed by atoms with Crippen LogP contribution in [-0.2, 0) is 9.53 Å². The Kier molecular flexibility index (Phi) is 5.23. The van der Waals surface area contributed by atoms with Gasteiger partial charge in [0.1, 0.15) is 0 Å². The number of nitrogen functional groups attached to an aromatic ring is 1. The van der Waals surface area contributed by atoms with Crippen molar-refractivity contribution in [3.63, 3.8) is 0 Å². The largest absolute Gasteiger partial charge is 0.399 e. The van der Waals surface area contributed by atoms with Gasteiger partial charge >= 0.3 is 0 Å². The first-order valence-electron chi connectivity index (χ1n) is 6.69. The molecule has 1 aliphatic heterocycles. The van der Waals surface area contributed by atoms with Crippen molar-refractivity contribution in [2.24, 2.45) is 0 Å². The average Bonchev–Trinajstić information content (AvgIpc) is 2.85. The van der Waals surface area contributed by atoms with Gasteiger partial charge in [0.2, 0.25) is 5.91 Å². The maximum atomic E-state index is 12.0. The van der Waals surface area contributed by atoms with E-state index in [0.29, 0.717) is 22.9 Å². The smallest absolute Gasteiger partial charge is 0.238 e. The van der Waals surface area contributed by atoms with E-state index in [2.05, 4.69) is 5.32 Å². The third kappa shape index (κ3) is 4.37. The van der Waals surface area contributed by atoms with Gasteiger partial charge in [-0.3, -0.25) is 9.69 Å². The first-order chi connectivity index (χ1) is 9.54. The number of likely N-dealkylation sites (N-methyl/N-ethyl adjacent to an activating group) is 1. The molecule has 6 heteroatoms. The molecule has 1 atom stereocenters. The van der Waals surface area contributed by atoms with Crippen LogP contribution in [0.4, 0.5) is 11.4 Å². The molecule has 0 aliphatic carbocycles. The number of ether oxygens (including phenoxy) is 1. The fraction of sp³-hybridized carbons (Fsp3) is 0.500. The summed E-state index contributed by atoms with van der Waals surface area (Å²) in [4.78, 5) is 13.9. The second kappa shape index (κ2) is 6.92. The molecule has 110 valence electrons. The summed E-state index contributed by atoms with van der Waals surface area (Å²) in [6, 6.07) is 5.03. The quantitative estimate of drug-likeness (QED) is 0.816. The number of benzene rings is 1. The highest BCUT2D eigenvalue weighted by molar-refractivity contribution is 6.34. The highest BCUT2D eigenvalue weighted by Gasteiger charge is 2.18. The van der Waals surface area contributed by atoms with Crippen molar-refractivity contribution in [3.05, 3.63) is 23.2 Å². The van der Waals surface area contributed by atoms with Gasteiger partial charge in [-0.2, -0.15) is 0 Å². The van der Waals surface area contributed by atoms with Gasteiger partial charge in [-0.15, -0.1) is 0 Å². The van der Waals surface area contributed by atoms with Gasteiger partial charge in [0.05, 0.1) is 23.4 Å². The number of halogens is 1. The van der Waals surface area contributed by atoms with Crippen LogP contribution in [0.1, 0.15) is 12.8 Å². The first kappa shape index (κ1) is 15.1. The third-order valence-electron chi connectivity index (χ3n) is 3.22. The molecule has 1 heterocycles. The average molecular weight is 298 g/mol. The third-order valence-corrected chi connectivity index (χ3v) is 3.53. The SMILES string of the molecule is CN(CC(=O)Nc1ccc(N)cc1Cl)CC1CCCO1. The standard InChI is InChI=1S/C14H20ClN3O2/c1-18(8-11-3-2-6-20-11)9-14(19)17-13-5-4-10(16)7-12(13)15/h4-5,7,11H,2-3,6,8-9,16H2,1H3,(H,17,19). The van der Waals surface area contributed by atoms with Crippen LogP contribution >= 0.6 is 11.6 Å². The summed E-state index contributed by atoms with van der Waals surface area (Å²) in [5.41, 5.74) is 6.76. The lowest BCUT2D eigenvalue weighted by Crippen LogP contribution is -2.35. The Bertz CT molecular complexity index is 475. The van der Waals surface area contributed by atoms with E-state index in [1.807, 2.05) is 11.9 Å². The number of amides is 1. The van der Waals surface area contributed by atoms with Crippen molar-refractivity contribution in [1.82, 2.24) is 4.90 Å². The van der Waals surface area contributed by atoms with Crippen LogP contribution in [0.25, 0.3) is 0 Å². The van der Waals surface area contributed by atoms with Crippen LogP contribution < -0.4 is 11.1 Å². The van der Waals surface area contributed by atoms with Gasteiger partial charge in [-0.05, 0) is 38.1 Å². The predicted octanol–water partition coefficient (Wildman–Crippen LogP) is 1.97. The van der Waals surface area contributed by atoms with Crippen LogP contribution in [0, 0.1) is 0 Å². The molecule has 1 aromatic rings. The van der Waals surface area contributed by atoms with E-state index < -0.39 is 0 Å². The van der Waals surface area contributed by atoms with E-state index in [1.54, 1.807) is 18.2 Å². The van der Waals surface area contributed by atoms with Gasteiger partial charge in [0.15, 0.2) is 0 Å². The first-order valence-corrected chi connectivity index (χ1v) is 7.07. The number of nitrogens with one attached hydrogen (secondary N) is 1. The lowest BCUT2D eigenvalue weighted by Gasteiger charge is -2.20. The normalized spacial score (nSPS) is 18.4. The number of hydrogen-bond acceptors (Lipinski definition) is 4. The Hall–Kier alpha value is -1.30. The van der Waals surface area contributed by atoms with E-state index in [9.17, 15) is 4.79 Å². The van der Waals surface area contributed by atoms with Gasteiger partial charge in [-0.25, -0.2) is 0 Å². The second-order valence-electron chi connectivity index (χ2n) is 5.12. The highest BCUT2D eigenvalue weighted by Crippen LogP contribution is 2.23. The maximum Gasteiger partial charge on any atom is 0.238 e. The zero-order chi connectivity index (χ0) is 14.5. The molecular weight excluding hydrogens is 278 g/mol. The van der Waals surface area contributed by atoms with Crippen LogP contribution in [0.5, 0.6) is 0 Å². The van der Waals surface area contributed by atoms with Crippen molar-refractivity contribution in [3.8, 4) is 0 Å². The van der Waals surface area contributed by atoms with Crippen molar-refractivity contribution < 1.29 is 9.53 Å². The number of hydrogen-bond donors (Lipinski definition) is 2. The Morgan fingerprint density at radius 3 is 3.05 bits per heavy atom. The minimum Gasteiger partial charge on any atom is -0.399 e.